The van der Waals surface area contributed by atoms with Gasteiger partial charge >= 0.3 is 0 Å². The van der Waals surface area contributed by atoms with Crippen molar-refractivity contribution in [1.29, 1.82) is 0 Å². The Labute approximate surface area is 124 Å². The van der Waals surface area contributed by atoms with Gasteiger partial charge in [0.05, 0.1) is 18.8 Å². The zero-order valence-electron chi connectivity index (χ0n) is 12.5. The highest BCUT2D eigenvalue weighted by molar-refractivity contribution is 5.22. The van der Waals surface area contributed by atoms with E-state index in [2.05, 4.69) is 25.1 Å². The number of methoxy groups -OCH3 is 1. The van der Waals surface area contributed by atoms with Crippen molar-refractivity contribution in [2.24, 2.45) is 0 Å². The summed E-state index contributed by atoms with van der Waals surface area (Å²) in [5.74, 6) is 2.62. The van der Waals surface area contributed by atoms with Gasteiger partial charge in [0, 0.05) is 18.8 Å². The molecule has 1 atom stereocenters. The van der Waals surface area contributed by atoms with Crippen molar-refractivity contribution in [3.8, 4) is 5.75 Å². The van der Waals surface area contributed by atoms with E-state index in [9.17, 15) is 0 Å². The van der Waals surface area contributed by atoms with Crippen molar-refractivity contribution < 1.29 is 4.74 Å². The summed E-state index contributed by atoms with van der Waals surface area (Å²) in [6.45, 7) is 3.79. The van der Waals surface area contributed by atoms with Crippen LogP contribution in [0, 0.1) is 6.92 Å². The van der Waals surface area contributed by atoms with E-state index in [4.69, 9.17) is 4.74 Å². The van der Waals surface area contributed by atoms with E-state index in [-0.39, 0.29) is 6.04 Å². The largest absolute Gasteiger partial charge is 0.497 e. The van der Waals surface area contributed by atoms with Gasteiger partial charge in [-0.15, -0.1) is 0 Å². The first kappa shape index (κ1) is 14.0. The normalized spacial score (nSPS) is 19.6. The number of aromatic nitrogens is 4. The Morgan fingerprint density at radius 3 is 3.10 bits per heavy atom. The molecule has 1 aliphatic heterocycles. The number of pyridine rings is 1. The summed E-state index contributed by atoms with van der Waals surface area (Å²) in [6, 6.07) is 4.14. The van der Waals surface area contributed by atoms with Crippen LogP contribution in [0.25, 0.3) is 0 Å². The van der Waals surface area contributed by atoms with Crippen LogP contribution in [-0.4, -0.2) is 38.7 Å². The van der Waals surface area contributed by atoms with Crippen molar-refractivity contribution in [3.63, 3.8) is 0 Å². The van der Waals surface area contributed by atoms with Crippen molar-refractivity contribution in [2.75, 3.05) is 13.7 Å². The predicted octanol–water partition coefficient (Wildman–Crippen LogP) is 2.24. The monoisotopic (exact) mass is 287 g/mol. The minimum absolute atomic E-state index is 0.275. The van der Waals surface area contributed by atoms with Gasteiger partial charge < -0.3 is 4.74 Å². The molecule has 0 aliphatic carbocycles. The van der Waals surface area contributed by atoms with E-state index in [1.165, 1.54) is 12.8 Å². The highest BCUT2D eigenvalue weighted by Crippen LogP contribution is 2.30. The first-order valence-electron chi connectivity index (χ1n) is 7.38. The maximum absolute atomic E-state index is 5.27. The molecule has 2 aromatic heterocycles. The van der Waals surface area contributed by atoms with Crippen LogP contribution in [0.5, 0.6) is 5.75 Å². The second-order valence-electron chi connectivity index (χ2n) is 5.45. The van der Waals surface area contributed by atoms with Gasteiger partial charge in [-0.25, -0.2) is 4.98 Å². The van der Waals surface area contributed by atoms with E-state index < -0.39 is 0 Å². The zero-order valence-corrected chi connectivity index (χ0v) is 12.5. The summed E-state index contributed by atoms with van der Waals surface area (Å²) in [5, 5.41) is 7.29. The lowest BCUT2D eigenvalue weighted by atomic mass is 10.0. The quantitative estimate of drug-likeness (QED) is 0.934. The van der Waals surface area contributed by atoms with Crippen molar-refractivity contribution in [2.45, 2.75) is 38.8 Å². The highest BCUT2D eigenvalue weighted by atomic mass is 16.5. The molecule has 21 heavy (non-hydrogen) atoms. The number of piperidine rings is 1. The molecule has 2 aromatic rings. The molecule has 1 saturated heterocycles. The van der Waals surface area contributed by atoms with E-state index in [1.807, 2.05) is 19.1 Å². The molecule has 1 aliphatic rings. The molecular weight excluding hydrogens is 266 g/mol. The number of nitrogens with one attached hydrogen (secondary N) is 1. The first-order valence-corrected chi connectivity index (χ1v) is 7.38. The summed E-state index contributed by atoms with van der Waals surface area (Å²) in [5.41, 5.74) is 1.02. The van der Waals surface area contributed by atoms with Crippen LogP contribution in [0.1, 0.15) is 42.6 Å². The van der Waals surface area contributed by atoms with E-state index in [0.717, 1.165) is 42.6 Å². The third-order valence-electron chi connectivity index (χ3n) is 3.92. The van der Waals surface area contributed by atoms with Gasteiger partial charge in [-0.3, -0.25) is 15.0 Å². The molecule has 0 radical (unpaired) electrons. The Morgan fingerprint density at radius 2 is 2.33 bits per heavy atom. The molecule has 6 heteroatoms. The van der Waals surface area contributed by atoms with Crippen LogP contribution in [0.2, 0.25) is 0 Å². The Hall–Kier alpha value is -1.95. The van der Waals surface area contributed by atoms with Crippen LogP contribution < -0.4 is 4.74 Å². The number of likely N-dealkylation sites (tertiary alicyclic amines) is 1. The van der Waals surface area contributed by atoms with Gasteiger partial charge in [-0.2, -0.15) is 5.10 Å². The molecule has 0 bridgehead atoms. The predicted molar refractivity (Wildman–Crippen MR) is 78.9 cm³/mol. The zero-order chi connectivity index (χ0) is 14.7. The molecule has 6 nitrogen and oxygen atoms in total. The van der Waals surface area contributed by atoms with Gasteiger partial charge in [0.25, 0.3) is 0 Å². The Morgan fingerprint density at radius 1 is 1.43 bits per heavy atom. The van der Waals surface area contributed by atoms with Crippen molar-refractivity contribution >= 4 is 0 Å². The molecule has 0 spiro atoms. The topological polar surface area (TPSA) is 66.9 Å². The van der Waals surface area contributed by atoms with E-state index in [1.54, 1.807) is 13.3 Å². The van der Waals surface area contributed by atoms with Gasteiger partial charge in [0.1, 0.15) is 11.6 Å². The van der Waals surface area contributed by atoms with E-state index in [0.29, 0.717) is 0 Å². The summed E-state index contributed by atoms with van der Waals surface area (Å²) in [7, 11) is 1.68. The maximum atomic E-state index is 5.27. The Balaban J connectivity index is 1.77. The number of ether oxygens (including phenoxy) is 1. The fraction of sp³-hybridized carbons (Fsp3) is 0.533. The maximum Gasteiger partial charge on any atom is 0.167 e. The number of hydrogen-bond donors (Lipinski definition) is 1. The minimum Gasteiger partial charge on any atom is -0.497 e. The minimum atomic E-state index is 0.275. The third kappa shape index (κ3) is 3.21. The number of rotatable bonds is 4. The second-order valence-corrected chi connectivity index (χ2v) is 5.45. The molecule has 0 amide bonds. The van der Waals surface area contributed by atoms with Crippen molar-refractivity contribution in [3.05, 3.63) is 35.7 Å². The molecule has 3 rings (SSSR count). The average molecular weight is 287 g/mol. The number of H-pyrrole nitrogens is 1. The van der Waals surface area contributed by atoms with Crippen LogP contribution in [0.3, 0.4) is 0 Å². The van der Waals surface area contributed by atoms with Gasteiger partial charge in [0.2, 0.25) is 0 Å². The van der Waals surface area contributed by atoms with Crippen LogP contribution in [0.4, 0.5) is 0 Å². The van der Waals surface area contributed by atoms with Gasteiger partial charge in [-0.1, -0.05) is 6.42 Å². The van der Waals surface area contributed by atoms with E-state index >= 15 is 0 Å². The molecule has 112 valence electrons. The van der Waals surface area contributed by atoms with Gasteiger partial charge in [-0.05, 0) is 32.4 Å². The summed E-state index contributed by atoms with van der Waals surface area (Å²) in [6.07, 6.45) is 5.33. The summed E-state index contributed by atoms with van der Waals surface area (Å²) < 4.78 is 5.27. The molecule has 0 aromatic carbocycles. The fourth-order valence-electron chi connectivity index (χ4n) is 2.86. The smallest absolute Gasteiger partial charge is 0.167 e. The Bertz CT molecular complexity index is 597. The lowest BCUT2D eigenvalue weighted by Gasteiger charge is -2.33. The standard InChI is InChI=1S/C15H21N5O/c1-11-17-15(19-18-11)14-5-3-4-8-20(14)10-12-9-13(21-2)6-7-16-12/h6-7,9,14H,3-5,8,10H2,1-2H3,(H,17,18,19)/t14-/m1/s1. The molecule has 1 N–H and O–H groups in total. The lowest BCUT2D eigenvalue weighted by molar-refractivity contribution is 0.132. The second kappa shape index (κ2) is 6.22. The summed E-state index contributed by atoms with van der Waals surface area (Å²) in [4.78, 5) is 11.4. The lowest BCUT2D eigenvalue weighted by Crippen LogP contribution is -2.33. The van der Waals surface area contributed by atoms with Crippen molar-refractivity contribution in [1.82, 2.24) is 25.1 Å². The SMILES string of the molecule is COc1ccnc(CN2CCCC[C@@H]2c2n[nH]c(C)n2)c1. The number of hydrogen-bond acceptors (Lipinski definition) is 5. The fourth-order valence-corrected chi connectivity index (χ4v) is 2.86. The Kier molecular flexibility index (Phi) is 4.15. The molecular formula is C15H21N5O. The number of aryl methyl sites for hydroxylation is 1. The van der Waals surface area contributed by atoms with Crippen LogP contribution >= 0.6 is 0 Å². The average Bonchev–Trinajstić information content (AvgIpc) is 2.94. The highest BCUT2D eigenvalue weighted by Gasteiger charge is 2.27. The number of aromatic amines is 1. The summed E-state index contributed by atoms with van der Waals surface area (Å²) >= 11 is 0. The molecule has 0 unspecified atom stereocenters. The molecule has 1 fully saturated rings. The van der Waals surface area contributed by atoms with Crippen LogP contribution in [0.15, 0.2) is 18.3 Å². The van der Waals surface area contributed by atoms with Crippen LogP contribution in [-0.2, 0) is 6.54 Å². The number of nitrogens with zero attached hydrogens (tertiary/aromatic N) is 4. The molecule has 0 saturated carbocycles. The third-order valence-corrected chi connectivity index (χ3v) is 3.92. The molecule has 3 heterocycles. The van der Waals surface area contributed by atoms with Gasteiger partial charge in [0.15, 0.2) is 5.82 Å². The first-order chi connectivity index (χ1) is 10.3.